The molecule has 0 aromatic heterocycles. The molecule has 0 bridgehead atoms. The van der Waals surface area contributed by atoms with Crippen molar-refractivity contribution in [3.05, 3.63) is 0 Å². The number of hydrogen-bond acceptors (Lipinski definition) is 4. The Hall–Kier alpha value is -0.940. The molecule has 92 valence electrons. The predicted molar refractivity (Wildman–Crippen MR) is 59.7 cm³/mol. The monoisotopic (exact) mass is 228 g/mol. The van der Waals surface area contributed by atoms with Crippen LogP contribution in [0.3, 0.4) is 0 Å². The number of amides is 1. The van der Waals surface area contributed by atoms with Gasteiger partial charge in [-0.05, 0) is 19.3 Å². The molecule has 0 saturated carbocycles. The Balaban J connectivity index is 2.98. The van der Waals surface area contributed by atoms with Crippen molar-refractivity contribution in [1.82, 2.24) is 5.32 Å². The first-order valence-corrected chi connectivity index (χ1v) is 5.57. The second kappa shape index (κ2) is 4.51. The van der Waals surface area contributed by atoms with Crippen molar-refractivity contribution in [2.24, 2.45) is 11.1 Å². The lowest BCUT2D eigenvalue weighted by Crippen LogP contribution is -2.62. The zero-order chi connectivity index (χ0) is 12.4. The molecule has 1 fully saturated rings. The molecule has 1 heterocycles. The largest absolute Gasteiger partial charge is 0.395 e. The fourth-order valence-electron chi connectivity index (χ4n) is 1.89. The second-order valence-electron chi connectivity index (χ2n) is 5.06. The molecular weight excluding hydrogens is 208 g/mol. The van der Waals surface area contributed by atoms with Gasteiger partial charge < -0.3 is 16.2 Å². The molecule has 0 aromatic carbocycles. The Bertz CT molecular complexity index is 302. The van der Waals surface area contributed by atoms with E-state index in [0.29, 0.717) is 13.0 Å². The molecule has 1 aliphatic heterocycles. The van der Waals surface area contributed by atoms with Crippen LogP contribution in [0.5, 0.6) is 0 Å². The van der Waals surface area contributed by atoms with Gasteiger partial charge in [-0.25, -0.2) is 0 Å². The van der Waals surface area contributed by atoms with Crippen molar-refractivity contribution >= 4 is 11.7 Å². The van der Waals surface area contributed by atoms with Crippen molar-refractivity contribution < 1.29 is 14.7 Å². The highest BCUT2D eigenvalue weighted by atomic mass is 16.3. The van der Waals surface area contributed by atoms with Crippen LogP contribution in [0.25, 0.3) is 0 Å². The first-order valence-electron chi connectivity index (χ1n) is 5.57. The van der Waals surface area contributed by atoms with E-state index in [0.717, 1.165) is 12.8 Å². The minimum Gasteiger partial charge on any atom is -0.395 e. The summed E-state index contributed by atoms with van der Waals surface area (Å²) in [6.45, 7) is 3.45. The Labute approximate surface area is 95.4 Å². The quantitative estimate of drug-likeness (QED) is 0.572. The molecule has 4 N–H and O–H groups in total. The van der Waals surface area contributed by atoms with Crippen LogP contribution >= 0.6 is 0 Å². The number of aliphatic hydroxyl groups is 1. The molecule has 1 aliphatic rings. The SMILES string of the molecule is CC(C)(CO)C(=O)[C@@]1(N)CCCCNC1=O. The van der Waals surface area contributed by atoms with E-state index in [1.807, 2.05) is 0 Å². The van der Waals surface area contributed by atoms with Gasteiger partial charge in [-0.3, -0.25) is 9.59 Å². The fourth-order valence-corrected chi connectivity index (χ4v) is 1.89. The summed E-state index contributed by atoms with van der Waals surface area (Å²) in [7, 11) is 0. The molecule has 1 saturated heterocycles. The molecule has 5 heteroatoms. The van der Waals surface area contributed by atoms with E-state index in [9.17, 15) is 9.59 Å². The lowest BCUT2D eigenvalue weighted by atomic mass is 9.75. The molecule has 1 amide bonds. The standard InChI is InChI=1S/C11H20N2O3/c1-10(2,7-14)8(15)11(12)5-3-4-6-13-9(11)16/h14H,3-7,12H2,1-2H3,(H,13,16)/t11-/m0/s1. The number of nitrogens with two attached hydrogens (primary N) is 1. The number of Topliss-reactive ketones (excluding diaryl/α,β-unsaturated/α-hetero) is 1. The molecule has 0 radical (unpaired) electrons. The van der Waals surface area contributed by atoms with E-state index in [1.165, 1.54) is 0 Å². The van der Waals surface area contributed by atoms with E-state index in [2.05, 4.69) is 5.32 Å². The highest BCUT2D eigenvalue weighted by Crippen LogP contribution is 2.27. The smallest absolute Gasteiger partial charge is 0.247 e. The highest BCUT2D eigenvalue weighted by molar-refractivity contribution is 6.12. The lowest BCUT2D eigenvalue weighted by Gasteiger charge is -2.32. The third-order valence-electron chi connectivity index (χ3n) is 3.10. The maximum absolute atomic E-state index is 12.2. The minimum absolute atomic E-state index is 0.307. The van der Waals surface area contributed by atoms with Crippen LogP contribution in [0.2, 0.25) is 0 Å². The van der Waals surface area contributed by atoms with Gasteiger partial charge in [-0.1, -0.05) is 13.8 Å². The number of nitrogens with one attached hydrogen (secondary N) is 1. The van der Waals surface area contributed by atoms with Gasteiger partial charge in [0, 0.05) is 12.0 Å². The molecule has 0 aromatic rings. The first-order chi connectivity index (χ1) is 7.34. The Morgan fingerprint density at radius 3 is 2.75 bits per heavy atom. The van der Waals surface area contributed by atoms with E-state index in [-0.39, 0.29) is 12.4 Å². The summed E-state index contributed by atoms with van der Waals surface area (Å²) >= 11 is 0. The summed E-state index contributed by atoms with van der Waals surface area (Å²) < 4.78 is 0. The van der Waals surface area contributed by atoms with Gasteiger partial charge in [0.1, 0.15) is 0 Å². The average molecular weight is 228 g/mol. The number of aliphatic hydroxyl groups excluding tert-OH is 1. The van der Waals surface area contributed by atoms with Crippen LogP contribution in [0.1, 0.15) is 33.1 Å². The molecule has 0 aliphatic carbocycles. The van der Waals surface area contributed by atoms with Crippen LogP contribution in [0.15, 0.2) is 0 Å². The van der Waals surface area contributed by atoms with Gasteiger partial charge in [0.05, 0.1) is 6.61 Å². The maximum atomic E-state index is 12.2. The number of ketones is 1. The zero-order valence-corrected chi connectivity index (χ0v) is 9.88. The molecule has 0 spiro atoms. The van der Waals surface area contributed by atoms with Gasteiger partial charge in [0.25, 0.3) is 0 Å². The van der Waals surface area contributed by atoms with Gasteiger partial charge in [-0.15, -0.1) is 0 Å². The van der Waals surface area contributed by atoms with Crippen LogP contribution in [-0.4, -0.2) is 35.5 Å². The van der Waals surface area contributed by atoms with Gasteiger partial charge in [-0.2, -0.15) is 0 Å². The van der Waals surface area contributed by atoms with Crippen LogP contribution in [-0.2, 0) is 9.59 Å². The Morgan fingerprint density at radius 2 is 2.19 bits per heavy atom. The van der Waals surface area contributed by atoms with Gasteiger partial charge in [0.2, 0.25) is 5.91 Å². The van der Waals surface area contributed by atoms with Gasteiger partial charge >= 0.3 is 0 Å². The summed E-state index contributed by atoms with van der Waals surface area (Å²) in [5.41, 5.74) is 3.48. The lowest BCUT2D eigenvalue weighted by molar-refractivity contribution is -0.142. The topological polar surface area (TPSA) is 92.4 Å². The van der Waals surface area contributed by atoms with Gasteiger partial charge in [0.15, 0.2) is 11.3 Å². The number of carbonyl (C=O) groups is 2. The van der Waals surface area contributed by atoms with Crippen molar-refractivity contribution in [2.45, 2.75) is 38.6 Å². The number of rotatable bonds is 3. The third kappa shape index (κ3) is 2.25. The minimum atomic E-state index is -1.48. The maximum Gasteiger partial charge on any atom is 0.247 e. The number of hydrogen-bond donors (Lipinski definition) is 3. The Kier molecular flexibility index (Phi) is 3.70. The molecule has 0 unspecified atom stereocenters. The third-order valence-corrected chi connectivity index (χ3v) is 3.10. The molecule has 5 nitrogen and oxygen atoms in total. The summed E-state index contributed by atoms with van der Waals surface area (Å²) in [6, 6.07) is 0. The summed E-state index contributed by atoms with van der Waals surface area (Å²) in [5, 5.41) is 11.8. The first kappa shape index (κ1) is 13.1. The van der Waals surface area contributed by atoms with Crippen molar-refractivity contribution in [3.63, 3.8) is 0 Å². The molecular formula is C11H20N2O3. The molecule has 16 heavy (non-hydrogen) atoms. The fraction of sp³-hybridized carbons (Fsp3) is 0.818. The summed E-state index contributed by atoms with van der Waals surface area (Å²) in [4.78, 5) is 24.0. The second-order valence-corrected chi connectivity index (χ2v) is 5.06. The van der Waals surface area contributed by atoms with Crippen LogP contribution in [0, 0.1) is 5.41 Å². The van der Waals surface area contributed by atoms with Crippen molar-refractivity contribution in [3.8, 4) is 0 Å². The van der Waals surface area contributed by atoms with E-state index in [4.69, 9.17) is 10.8 Å². The number of carbonyl (C=O) groups excluding carboxylic acids is 2. The summed E-state index contributed by atoms with van der Waals surface area (Å²) in [5.74, 6) is -0.807. The normalized spacial score (nSPS) is 27.1. The molecule has 1 atom stereocenters. The highest BCUT2D eigenvalue weighted by Gasteiger charge is 2.48. The van der Waals surface area contributed by atoms with E-state index < -0.39 is 16.9 Å². The predicted octanol–water partition coefficient (Wildman–Crippen LogP) is -0.428. The van der Waals surface area contributed by atoms with E-state index >= 15 is 0 Å². The zero-order valence-electron chi connectivity index (χ0n) is 9.88. The molecule has 1 rings (SSSR count). The van der Waals surface area contributed by atoms with Crippen molar-refractivity contribution in [2.75, 3.05) is 13.2 Å². The van der Waals surface area contributed by atoms with Crippen LogP contribution in [0.4, 0.5) is 0 Å². The van der Waals surface area contributed by atoms with Crippen LogP contribution < -0.4 is 11.1 Å². The average Bonchev–Trinajstić information content (AvgIpc) is 2.42. The summed E-state index contributed by atoms with van der Waals surface area (Å²) in [6.07, 6.45) is 1.92. The van der Waals surface area contributed by atoms with E-state index in [1.54, 1.807) is 13.8 Å². The van der Waals surface area contributed by atoms with Crippen molar-refractivity contribution in [1.29, 1.82) is 0 Å². The Morgan fingerprint density at radius 1 is 1.56 bits per heavy atom.